The molecule has 0 unspecified atom stereocenters. The number of hydrogen-bond donors (Lipinski definition) is 1. The zero-order valence-corrected chi connectivity index (χ0v) is 14.3. The predicted molar refractivity (Wildman–Crippen MR) is 94.8 cm³/mol. The summed E-state index contributed by atoms with van der Waals surface area (Å²) < 4.78 is 11.2. The number of carbonyl (C=O) groups excluding carboxylic acids is 1. The Morgan fingerprint density at radius 3 is 2.74 bits per heavy atom. The minimum absolute atomic E-state index is 0.278. The van der Waals surface area contributed by atoms with Crippen LogP contribution in [0.3, 0.4) is 0 Å². The molecule has 6 heteroatoms. The van der Waals surface area contributed by atoms with Crippen LogP contribution < -0.4 is 15.2 Å². The minimum Gasteiger partial charge on any atom is -0.493 e. The van der Waals surface area contributed by atoms with Gasteiger partial charge in [0.2, 0.25) is 0 Å². The van der Waals surface area contributed by atoms with E-state index in [-0.39, 0.29) is 11.1 Å². The van der Waals surface area contributed by atoms with Crippen molar-refractivity contribution in [3.63, 3.8) is 0 Å². The molecule has 0 fully saturated rings. The number of amidine groups is 1. The lowest BCUT2D eigenvalue weighted by atomic mass is 10.2. The Labute approximate surface area is 140 Å². The van der Waals surface area contributed by atoms with Crippen LogP contribution in [0.15, 0.2) is 28.1 Å². The maximum Gasteiger partial charge on any atom is 0.286 e. The molecule has 0 bridgehead atoms. The number of carbonyl (C=O) groups is 1. The maximum atomic E-state index is 11.6. The van der Waals surface area contributed by atoms with Gasteiger partial charge in [-0.1, -0.05) is 32.3 Å². The summed E-state index contributed by atoms with van der Waals surface area (Å²) in [6.45, 7) is 2.86. The second kappa shape index (κ2) is 8.62. The van der Waals surface area contributed by atoms with E-state index in [1.165, 1.54) is 31.0 Å². The molecule has 2 N–H and O–H groups in total. The van der Waals surface area contributed by atoms with E-state index in [0.717, 1.165) is 12.0 Å². The third-order valence-corrected chi connectivity index (χ3v) is 4.19. The van der Waals surface area contributed by atoms with Crippen LogP contribution in [0.4, 0.5) is 0 Å². The molecule has 1 aromatic carbocycles. The molecule has 1 aromatic rings. The van der Waals surface area contributed by atoms with Crippen LogP contribution in [0.5, 0.6) is 11.5 Å². The normalized spacial score (nSPS) is 15.8. The van der Waals surface area contributed by atoms with Crippen molar-refractivity contribution in [2.24, 2.45) is 10.7 Å². The summed E-state index contributed by atoms with van der Waals surface area (Å²) in [6, 6.07) is 5.59. The number of aliphatic imine (C=N–C) groups is 1. The molecule has 0 aliphatic carbocycles. The average Bonchev–Trinajstić information content (AvgIpc) is 2.85. The number of nitrogens with zero attached hydrogens (tertiary/aromatic N) is 1. The van der Waals surface area contributed by atoms with Crippen molar-refractivity contribution in [2.75, 3.05) is 13.7 Å². The van der Waals surface area contributed by atoms with Crippen LogP contribution in [-0.4, -0.2) is 24.8 Å². The summed E-state index contributed by atoms with van der Waals surface area (Å²) in [4.78, 5) is 15.8. The van der Waals surface area contributed by atoms with Gasteiger partial charge in [-0.25, -0.2) is 0 Å². The quantitative estimate of drug-likeness (QED) is 0.581. The van der Waals surface area contributed by atoms with Crippen molar-refractivity contribution in [2.45, 2.75) is 32.6 Å². The smallest absolute Gasteiger partial charge is 0.286 e. The van der Waals surface area contributed by atoms with Crippen LogP contribution in [0.1, 0.15) is 38.2 Å². The average molecular weight is 334 g/mol. The minimum atomic E-state index is -0.303. The summed E-state index contributed by atoms with van der Waals surface area (Å²) in [7, 11) is 1.60. The van der Waals surface area contributed by atoms with Crippen molar-refractivity contribution in [3.05, 3.63) is 28.7 Å². The first-order valence-electron chi connectivity index (χ1n) is 7.73. The maximum absolute atomic E-state index is 11.6. The van der Waals surface area contributed by atoms with Gasteiger partial charge in [-0.2, -0.15) is 4.99 Å². The van der Waals surface area contributed by atoms with E-state index in [2.05, 4.69) is 11.9 Å². The Morgan fingerprint density at radius 2 is 2.09 bits per heavy atom. The zero-order chi connectivity index (χ0) is 16.7. The van der Waals surface area contributed by atoms with E-state index in [0.29, 0.717) is 23.0 Å². The number of hydrogen-bond acceptors (Lipinski definition) is 5. The Kier molecular flexibility index (Phi) is 6.52. The molecule has 124 valence electrons. The molecule has 0 aromatic heterocycles. The van der Waals surface area contributed by atoms with Crippen LogP contribution in [0.2, 0.25) is 0 Å². The Hall–Kier alpha value is -1.95. The van der Waals surface area contributed by atoms with E-state index < -0.39 is 0 Å². The Morgan fingerprint density at radius 1 is 1.26 bits per heavy atom. The highest BCUT2D eigenvalue weighted by molar-refractivity contribution is 8.18. The number of thioether (sulfide) groups is 1. The van der Waals surface area contributed by atoms with Gasteiger partial charge in [-0.3, -0.25) is 4.79 Å². The lowest BCUT2D eigenvalue weighted by Gasteiger charge is -2.11. The van der Waals surface area contributed by atoms with Gasteiger partial charge >= 0.3 is 0 Å². The number of rotatable bonds is 8. The van der Waals surface area contributed by atoms with Gasteiger partial charge in [0.1, 0.15) is 0 Å². The standard InChI is InChI=1S/C17H22N2O3S/c1-3-4-5-6-9-22-13-8-7-12(10-14(13)21-2)11-15-16(20)19-17(18)23-15/h7-8,10-11H,3-6,9H2,1-2H3,(H2,18,19,20)/b15-11+. The van der Waals surface area contributed by atoms with Crippen LogP contribution >= 0.6 is 11.8 Å². The largest absolute Gasteiger partial charge is 0.493 e. The van der Waals surface area contributed by atoms with Gasteiger partial charge in [0, 0.05) is 0 Å². The SMILES string of the molecule is CCCCCCOc1ccc(/C=C2/SC(N)=NC2=O)cc1OC. The summed E-state index contributed by atoms with van der Waals surface area (Å²) in [5, 5.41) is 0.278. The Bertz CT molecular complexity index is 626. The molecule has 2 rings (SSSR count). The monoisotopic (exact) mass is 334 g/mol. The van der Waals surface area contributed by atoms with Crippen LogP contribution in [0, 0.1) is 0 Å². The van der Waals surface area contributed by atoms with Crippen molar-refractivity contribution in [1.29, 1.82) is 0 Å². The van der Waals surface area contributed by atoms with E-state index in [9.17, 15) is 4.79 Å². The van der Waals surface area contributed by atoms with Gasteiger partial charge in [-0.05, 0) is 42.0 Å². The third kappa shape index (κ3) is 5.03. The molecule has 0 saturated carbocycles. The highest BCUT2D eigenvalue weighted by Crippen LogP contribution is 2.31. The van der Waals surface area contributed by atoms with Gasteiger partial charge < -0.3 is 15.2 Å². The van der Waals surface area contributed by atoms with Crippen LogP contribution in [0.25, 0.3) is 6.08 Å². The highest BCUT2D eigenvalue weighted by Gasteiger charge is 2.19. The second-order valence-electron chi connectivity index (χ2n) is 5.19. The van der Waals surface area contributed by atoms with E-state index >= 15 is 0 Å². The lowest BCUT2D eigenvalue weighted by molar-refractivity contribution is -0.113. The molecule has 0 atom stereocenters. The molecular weight excluding hydrogens is 312 g/mol. The number of benzene rings is 1. The first kappa shape index (κ1) is 17.4. The number of unbranched alkanes of at least 4 members (excludes halogenated alkanes) is 3. The number of nitrogens with two attached hydrogens (primary N) is 1. The van der Waals surface area contributed by atoms with Gasteiger partial charge in [0.05, 0.1) is 18.6 Å². The molecule has 1 aliphatic heterocycles. The molecule has 23 heavy (non-hydrogen) atoms. The summed E-state index contributed by atoms with van der Waals surface area (Å²) >= 11 is 1.17. The van der Waals surface area contributed by atoms with Crippen molar-refractivity contribution >= 4 is 28.9 Å². The summed E-state index contributed by atoms with van der Waals surface area (Å²) in [5.74, 6) is 1.06. The molecule has 0 saturated heterocycles. The third-order valence-electron chi connectivity index (χ3n) is 3.38. The number of amides is 1. The van der Waals surface area contributed by atoms with E-state index in [1.54, 1.807) is 13.2 Å². The topological polar surface area (TPSA) is 73.9 Å². The molecule has 1 heterocycles. The highest BCUT2D eigenvalue weighted by atomic mass is 32.2. The fourth-order valence-corrected chi connectivity index (χ4v) is 2.86. The molecule has 0 spiro atoms. The van der Waals surface area contributed by atoms with Crippen molar-refractivity contribution in [1.82, 2.24) is 0 Å². The lowest BCUT2D eigenvalue weighted by Crippen LogP contribution is -2.01. The van der Waals surface area contributed by atoms with Crippen LogP contribution in [-0.2, 0) is 4.79 Å². The second-order valence-corrected chi connectivity index (χ2v) is 6.25. The number of ether oxygens (including phenoxy) is 2. The molecule has 5 nitrogen and oxygen atoms in total. The zero-order valence-electron chi connectivity index (χ0n) is 13.5. The fraction of sp³-hybridized carbons (Fsp3) is 0.412. The van der Waals surface area contributed by atoms with Crippen molar-refractivity contribution < 1.29 is 14.3 Å². The van der Waals surface area contributed by atoms with Gasteiger partial charge in [0.25, 0.3) is 5.91 Å². The molecule has 0 radical (unpaired) electrons. The predicted octanol–water partition coefficient (Wildman–Crippen LogP) is 3.58. The van der Waals surface area contributed by atoms with Gasteiger partial charge in [0.15, 0.2) is 16.7 Å². The molecule has 1 amide bonds. The summed E-state index contributed by atoms with van der Waals surface area (Å²) in [5.41, 5.74) is 6.39. The summed E-state index contributed by atoms with van der Waals surface area (Å²) in [6.07, 6.45) is 6.39. The fourth-order valence-electron chi connectivity index (χ4n) is 2.18. The molecule has 1 aliphatic rings. The van der Waals surface area contributed by atoms with E-state index in [4.69, 9.17) is 15.2 Å². The van der Waals surface area contributed by atoms with Gasteiger partial charge in [-0.15, -0.1) is 0 Å². The Balaban J connectivity index is 2.02. The van der Waals surface area contributed by atoms with Crippen molar-refractivity contribution in [3.8, 4) is 11.5 Å². The van der Waals surface area contributed by atoms with E-state index in [1.807, 2.05) is 18.2 Å². The molecular formula is C17H22N2O3S. The first-order chi connectivity index (χ1) is 11.1. The first-order valence-corrected chi connectivity index (χ1v) is 8.54. The number of methoxy groups -OCH3 is 1.